The van der Waals surface area contributed by atoms with Crippen LogP contribution in [-0.2, 0) is 20.0 Å². The quantitative estimate of drug-likeness (QED) is 0.560. The smallest absolute Gasteiger partial charge is 0.201 e. The van der Waals surface area contributed by atoms with E-state index in [1.165, 1.54) is 0 Å². The highest BCUT2D eigenvalue weighted by Crippen LogP contribution is 2.41. The molecule has 0 bridgehead atoms. The van der Waals surface area contributed by atoms with Crippen LogP contribution in [0.25, 0.3) is 0 Å². The number of sulfonamides is 2. The molecule has 0 rings (SSSR count). The van der Waals surface area contributed by atoms with E-state index < -0.39 is 41.1 Å². The Labute approximate surface area is 98.2 Å². The predicted octanol–water partition coefficient (Wildman–Crippen LogP) is 1.51. The van der Waals surface area contributed by atoms with Crippen molar-refractivity contribution in [3.8, 4) is 0 Å². The minimum Gasteiger partial charge on any atom is -0.201 e. The Hall–Kier alpha value is -0.770. The van der Waals surface area contributed by atoms with Crippen LogP contribution in [0.5, 0.6) is 0 Å². The van der Waals surface area contributed by atoms with Crippen LogP contribution in [0.15, 0.2) is 0 Å². The van der Waals surface area contributed by atoms with Crippen LogP contribution < -0.4 is 0 Å². The van der Waals surface area contributed by atoms with Crippen molar-refractivity contribution in [2.24, 2.45) is 0 Å². The first-order chi connectivity index (χ1) is 7.87. The van der Waals surface area contributed by atoms with E-state index in [-0.39, 0.29) is 0 Å². The van der Waals surface area contributed by atoms with Crippen molar-refractivity contribution in [2.45, 2.75) is 17.3 Å². The topological polar surface area (TPSA) is 71.5 Å². The van der Waals surface area contributed by atoms with Crippen molar-refractivity contribution in [3.05, 3.63) is 0 Å². The summed E-state index contributed by atoms with van der Waals surface area (Å²) in [6.07, 6.45) is -6.98. The maximum absolute atomic E-state index is 11.9. The minimum atomic E-state index is -7.84. The average molecular weight is 349 g/mol. The van der Waals surface area contributed by atoms with E-state index in [0.717, 1.165) is 0 Å². The summed E-state index contributed by atoms with van der Waals surface area (Å²) in [6, 6.07) is 0. The SMILES string of the molecule is O=S(=O)(N(C(F)(F)F)S(=O)(=O)C(F)(F)F)C(F)(F)F. The molecule has 0 saturated carbocycles. The molecule has 0 saturated heterocycles. The lowest BCUT2D eigenvalue weighted by atomic mass is 11.2. The third-order valence-corrected chi connectivity index (χ3v) is 4.86. The van der Waals surface area contributed by atoms with Gasteiger partial charge in [-0.1, -0.05) is 0 Å². The van der Waals surface area contributed by atoms with Gasteiger partial charge in [0.1, 0.15) is 0 Å². The molecule has 0 N–H and O–H groups in total. The van der Waals surface area contributed by atoms with E-state index in [1.807, 2.05) is 0 Å². The van der Waals surface area contributed by atoms with Crippen molar-refractivity contribution in [1.29, 1.82) is 0 Å². The molecule has 0 spiro atoms. The van der Waals surface area contributed by atoms with E-state index in [4.69, 9.17) is 0 Å². The number of hydrogen-bond acceptors (Lipinski definition) is 4. The molecule has 0 aliphatic carbocycles. The van der Waals surface area contributed by atoms with Gasteiger partial charge in [0.05, 0.1) is 0 Å². The molecule has 0 radical (unpaired) electrons. The molecule has 0 aliphatic rings. The Balaban J connectivity index is 6.41. The summed E-state index contributed by atoms with van der Waals surface area (Å²) in [6.45, 7) is 0. The number of hydrogen-bond donors (Lipinski definition) is 0. The summed E-state index contributed by atoms with van der Waals surface area (Å²) >= 11 is 0. The third-order valence-electron chi connectivity index (χ3n) is 1.23. The summed E-state index contributed by atoms with van der Waals surface area (Å²) in [7, 11) is -15.7. The van der Waals surface area contributed by atoms with Crippen molar-refractivity contribution in [3.63, 3.8) is 0 Å². The number of alkyl halides is 9. The van der Waals surface area contributed by atoms with Gasteiger partial charge in [0, 0.05) is 3.71 Å². The zero-order valence-corrected chi connectivity index (χ0v) is 9.43. The van der Waals surface area contributed by atoms with Gasteiger partial charge in [-0.15, -0.1) is 0 Å². The number of rotatable bonds is 2. The Bertz CT molecular complexity index is 491. The van der Waals surface area contributed by atoms with E-state index in [2.05, 4.69) is 0 Å². The molecule has 0 unspecified atom stereocenters. The van der Waals surface area contributed by atoms with E-state index in [9.17, 15) is 56.3 Å². The Morgan fingerprint density at radius 1 is 0.579 bits per heavy atom. The lowest BCUT2D eigenvalue weighted by Crippen LogP contribution is -2.55. The average Bonchev–Trinajstić information content (AvgIpc) is 1.93. The highest BCUT2D eigenvalue weighted by Gasteiger charge is 2.70. The maximum Gasteiger partial charge on any atom is 0.512 e. The van der Waals surface area contributed by atoms with Gasteiger partial charge in [0.15, 0.2) is 0 Å². The monoisotopic (exact) mass is 349 g/mol. The first kappa shape index (κ1) is 18.2. The van der Waals surface area contributed by atoms with Crippen LogP contribution in [0, 0.1) is 0 Å². The molecule has 0 amide bonds. The van der Waals surface area contributed by atoms with Crippen molar-refractivity contribution in [2.75, 3.05) is 0 Å². The Morgan fingerprint density at radius 2 is 0.789 bits per heavy atom. The Kier molecular flexibility index (Phi) is 4.19. The summed E-state index contributed by atoms with van der Waals surface area (Å²) in [5.41, 5.74) is -13.8. The number of halogens is 9. The highest BCUT2D eigenvalue weighted by atomic mass is 32.3. The fourth-order valence-electron chi connectivity index (χ4n) is 0.590. The van der Waals surface area contributed by atoms with Gasteiger partial charge < -0.3 is 0 Å². The molecule has 116 valence electrons. The molecule has 16 heteroatoms. The third kappa shape index (κ3) is 3.22. The summed E-state index contributed by atoms with van der Waals surface area (Å²) < 4.78 is 144. The van der Waals surface area contributed by atoms with Gasteiger partial charge in [-0.25, -0.2) is 16.8 Å². The van der Waals surface area contributed by atoms with Crippen LogP contribution in [-0.4, -0.2) is 37.9 Å². The standard InChI is InChI=1S/C3F9NO4S2/c4-1(5,6)13(18(14,15)2(7,8)9)19(16,17)3(10,11)12. The van der Waals surface area contributed by atoms with Crippen molar-refractivity contribution < 1.29 is 56.3 Å². The van der Waals surface area contributed by atoms with Crippen LogP contribution in [0.4, 0.5) is 39.5 Å². The van der Waals surface area contributed by atoms with E-state index in [1.54, 1.807) is 0 Å². The Morgan fingerprint density at radius 3 is 0.895 bits per heavy atom. The molecule has 0 aromatic carbocycles. The fraction of sp³-hybridized carbons (Fsp3) is 1.00. The van der Waals surface area contributed by atoms with Gasteiger partial charge in [-0.05, 0) is 0 Å². The van der Waals surface area contributed by atoms with Gasteiger partial charge in [0.25, 0.3) is 0 Å². The molecule has 0 heterocycles. The van der Waals surface area contributed by atoms with E-state index >= 15 is 0 Å². The summed E-state index contributed by atoms with van der Waals surface area (Å²) in [4.78, 5) is 0. The van der Waals surface area contributed by atoms with Crippen molar-refractivity contribution >= 4 is 20.0 Å². The second-order valence-corrected chi connectivity index (χ2v) is 6.35. The second-order valence-electron chi connectivity index (χ2n) is 2.57. The molecule has 0 aromatic rings. The second kappa shape index (κ2) is 4.37. The largest absolute Gasteiger partial charge is 0.512 e. The number of nitrogens with zero attached hydrogens (tertiary/aromatic N) is 1. The van der Waals surface area contributed by atoms with Crippen molar-refractivity contribution in [1.82, 2.24) is 3.71 Å². The van der Waals surface area contributed by atoms with Gasteiger partial charge in [-0.3, -0.25) is 0 Å². The first-order valence-electron chi connectivity index (χ1n) is 3.36. The molecule has 5 nitrogen and oxygen atoms in total. The van der Waals surface area contributed by atoms with E-state index in [0.29, 0.717) is 0 Å². The molecule has 0 fully saturated rings. The minimum absolute atomic E-state index is 3.58. The maximum atomic E-state index is 11.9. The molecular formula is C3F9NO4S2. The van der Waals surface area contributed by atoms with Gasteiger partial charge in [-0.2, -0.15) is 39.5 Å². The molecule has 0 aromatic heterocycles. The van der Waals surface area contributed by atoms with Gasteiger partial charge in [0.2, 0.25) is 0 Å². The first-order valence-corrected chi connectivity index (χ1v) is 6.24. The lowest BCUT2D eigenvalue weighted by molar-refractivity contribution is -0.191. The van der Waals surface area contributed by atoms with Crippen LogP contribution >= 0.6 is 0 Å². The highest BCUT2D eigenvalue weighted by molar-refractivity contribution is 8.04. The molecule has 19 heavy (non-hydrogen) atoms. The summed E-state index contributed by atoms with van der Waals surface area (Å²) in [5, 5.41) is 0. The normalized spacial score (nSPS) is 15.9. The van der Waals surface area contributed by atoms with Crippen LogP contribution in [0.2, 0.25) is 0 Å². The van der Waals surface area contributed by atoms with Gasteiger partial charge >= 0.3 is 37.4 Å². The zero-order chi connectivity index (χ0) is 16.1. The molecular weight excluding hydrogens is 349 g/mol. The predicted molar refractivity (Wildman–Crippen MR) is 37.8 cm³/mol. The lowest BCUT2D eigenvalue weighted by Gasteiger charge is -2.25. The molecule has 0 aliphatic heterocycles. The van der Waals surface area contributed by atoms with Crippen LogP contribution in [0.3, 0.4) is 0 Å². The van der Waals surface area contributed by atoms with Crippen LogP contribution in [0.1, 0.15) is 0 Å². The zero-order valence-electron chi connectivity index (χ0n) is 7.80. The summed E-state index contributed by atoms with van der Waals surface area (Å²) in [5.74, 6) is 0. The molecule has 0 atom stereocenters. The fourth-order valence-corrected chi connectivity index (χ4v) is 3.05.